The third kappa shape index (κ3) is 9.09. The Hall–Kier alpha value is -2.09. The van der Waals surface area contributed by atoms with Crippen molar-refractivity contribution < 1.29 is 28.6 Å². The second kappa shape index (κ2) is 10.0. The van der Waals surface area contributed by atoms with Gasteiger partial charge >= 0.3 is 18.0 Å². The molecule has 1 heterocycles. The molecule has 1 amide bonds. The molecule has 0 N–H and O–H groups in total. The van der Waals surface area contributed by atoms with E-state index in [0.717, 1.165) is 31.8 Å². The molecular formula is C17H28N2O6. The van der Waals surface area contributed by atoms with Gasteiger partial charge in [0.15, 0.2) is 0 Å². The van der Waals surface area contributed by atoms with Crippen molar-refractivity contribution in [2.75, 3.05) is 46.4 Å². The largest absolute Gasteiger partial charge is 0.466 e. The molecule has 142 valence electrons. The molecule has 0 saturated carbocycles. The van der Waals surface area contributed by atoms with Crippen molar-refractivity contribution in [2.24, 2.45) is 0 Å². The van der Waals surface area contributed by atoms with E-state index in [1.807, 2.05) is 20.8 Å². The fourth-order valence-electron chi connectivity index (χ4n) is 2.19. The van der Waals surface area contributed by atoms with Gasteiger partial charge in [-0.3, -0.25) is 4.90 Å². The lowest BCUT2D eigenvalue weighted by molar-refractivity contribution is -0.139. The van der Waals surface area contributed by atoms with Crippen molar-refractivity contribution in [3.8, 4) is 0 Å². The van der Waals surface area contributed by atoms with E-state index >= 15 is 0 Å². The summed E-state index contributed by atoms with van der Waals surface area (Å²) in [5.74, 6) is -1.17. The molecule has 1 saturated heterocycles. The number of ether oxygens (including phenoxy) is 3. The monoisotopic (exact) mass is 356 g/mol. The molecule has 0 radical (unpaired) electrons. The van der Waals surface area contributed by atoms with E-state index in [-0.39, 0.29) is 12.7 Å². The Balaban J connectivity index is 2.17. The lowest BCUT2D eigenvalue weighted by atomic mass is 10.2. The Bertz CT molecular complexity index is 490. The first-order valence-electron chi connectivity index (χ1n) is 8.34. The second-order valence-corrected chi connectivity index (χ2v) is 6.69. The molecule has 1 aliphatic rings. The Kier molecular flexibility index (Phi) is 8.40. The van der Waals surface area contributed by atoms with E-state index in [1.165, 1.54) is 7.11 Å². The molecule has 0 bridgehead atoms. The average Bonchev–Trinajstić information content (AvgIpc) is 2.55. The van der Waals surface area contributed by atoms with Crippen molar-refractivity contribution >= 4 is 18.0 Å². The summed E-state index contributed by atoms with van der Waals surface area (Å²) in [4.78, 5) is 38.1. The Morgan fingerprint density at radius 1 is 1.00 bits per heavy atom. The molecule has 0 spiro atoms. The van der Waals surface area contributed by atoms with Gasteiger partial charge in [0, 0.05) is 44.9 Å². The number of nitrogens with zero attached hydrogens (tertiary/aromatic N) is 2. The van der Waals surface area contributed by atoms with Crippen LogP contribution in [0, 0.1) is 0 Å². The molecule has 0 atom stereocenters. The van der Waals surface area contributed by atoms with Crippen LogP contribution in [0.3, 0.4) is 0 Å². The summed E-state index contributed by atoms with van der Waals surface area (Å²) in [6, 6.07) is 0. The molecular weight excluding hydrogens is 328 g/mol. The lowest BCUT2D eigenvalue weighted by Crippen LogP contribution is -2.50. The van der Waals surface area contributed by atoms with Crippen LogP contribution < -0.4 is 0 Å². The first-order chi connectivity index (χ1) is 11.7. The zero-order valence-corrected chi connectivity index (χ0v) is 15.4. The summed E-state index contributed by atoms with van der Waals surface area (Å²) in [6.45, 7) is 9.36. The predicted octanol–water partition coefficient (Wildman–Crippen LogP) is 1.20. The number of piperazine rings is 1. The molecule has 0 aromatic heterocycles. The van der Waals surface area contributed by atoms with Crippen LogP contribution in [0.15, 0.2) is 12.2 Å². The minimum atomic E-state index is -0.597. The second-order valence-electron chi connectivity index (χ2n) is 6.69. The van der Waals surface area contributed by atoms with Gasteiger partial charge < -0.3 is 19.1 Å². The summed E-state index contributed by atoms with van der Waals surface area (Å²) in [6.07, 6.45) is 2.48. The maximum Gasteiger partial charge on any atom is 0.410 e. The summed E-state index contributed by atoms with van der Waals surface area (Å²) < 4.78 is 14.7. The molecule has 8 heteroatoms. The van der Waals surface area contributed by atoms with Crippen LogP contribution in [0.4, 0.5) is 4.79 Å². The van der Waals surface area contributed by atoms with E-state index in [2.05, 4.69) is 9.64 Å². The van der Waals surface area contributed by atoms with Gasteiger partial charge in [0.25, 0.3) is 0 Å². The highest BCUT2D eigenvalue weighted by atomic mass is 16.6. The summed E-state index contributed by atoms with van der Waals surface area (Å²) in [7, 11) is 1.24. The topological polar surface area (TPSA) is 85.4 Å². The molecule has 25 heavy (non-hydrogen) atoms. The van der Waals surface area contributed by atoms with Crippen LogP contribution in [0.25, 0.3) is 0 Å². The summed E-state index contributed by atoms with van der Waals surface area (Å²) in [5.41, 5.74) is -0.486. The molecule has 0 unspecified atom stereocenters. The minimum Gasteiger partial charge on any atom is -0.466 e. The van der Waals surface area contributed by atoms with Crippen LogP contribution in [-0.2, 0) is 23.8 Å². The van der Waals surface area contributed by atoms with Crippen molar-refractivity contribution in [1.29, 1.82) is 0 Å². The van der Waals surface area contributed by atoms with Crippen LogP contribution >= 0.6 is 0 Å². The molecule has 1 aliphatic heterocycles. The smallest absolute Gasteiger partial charge is 0.410 e. The molecule has 0 aliphatic carbocycles. The van der Waals surface area contributed by atoms with Gasteiger partial charge in [0.05, 0.1) is 13.7 Å². The van der Waals surface area contributed by atoms with E-state index in [1.54, 1.807) is 4.90 Å². The van der Waals surface area contributed by atoms with Crippen molar-refractivity contribution in [1.82, 2.24) is 9.80 Å². The number of hydrogen-bond donors (Lipinski definition) is 0. The summed E-state index contributed by atoms with van der Waals surface area (Å²) in [5, 5.41) is 0. The van der Waals surface area contributed by atoms with Crippen molar-refractivity contribution in [2.45, 2.75) is 32.8 Å². The first kappa shape index (κ1) is 21.0. The predicted molar refractivity (Wildman–Crippen MR) is 91.0 cm³/mol. The van der Waals surface area contributed by atoms with E-state index in [4.69, 9.17) is 9.47 Å². The SMILES string of the molecule is COC(=O)/C=C/C(=O)OCCCN1CCN(C(=O)OC(C)(C)C)CC1. The highest BCUT2D eigenvalue weighted by molar-refractivity contribution is 5.91. The molecule has 0 aromatic carbocycles. The van der Waals surface area contributed by atoms with Crippen LogP contribution in [0.1, 0.15) is 27.2 Å². The first-order valence-corrected chi connectivity index (χ1v) is 8.34. The zero-order valence-electron chi connectivity index (χ0n) is 15.4. The van der Waals surface area contributed by atoms with Gasteiger partial charge in [-0.15, -0.1) is 0 Å². The Labute approximate surface area is 148 Å². The Morgan fingerprint density at radius 2 is 1.60 bits per heavy atom. The summed E-state index contributed by atoms with van der Waals surface area (Å²) >= 11 is 0. The van der Waals surface area contributed by atoms with Gasteiger partial charge in [-0.1, -0.05) is 0 Å². The van der Waals surface area contributed by atoms with Crippen LogP contribution in [-0.4, -0.2) is 79.9 Å². The molecule has 8 nitrogen and oxygen atoms in total. The normalized spacial score (nSPS) is 15.9. The van der Waals surface area contributed by atoms with Crippen molar-refractivity contribution in [3.63, 3.8) is 0 Å². The van der Waals surface area contributed by atoms with Crippen LogP contribution in [0.2, 0.25) is 0 Å². The third-order valence-corrected chi connectivity index (χ3v) is 3.44. The standard InChI is InChI=1S/C17H28N2O6/c1-17(2,3)25-16(22)19-11-9-18(10-12-19)8-5-13-24-15(21)7-6-14(20)23-4/h6-7H,5,8-13H2,1-4H3/b7-6+. The average molecular weight is 356 g/mol. The van der Waals surface area contributed by atoms with Crippen LogP contribution in [0.5, 0.6) is 0 Å². The van der Waals surface area contributed by atoms with Gasteiger partial charge in [-0.05, 0) is 27.2 Å². The zero-order chi connectivity index (χ0) is 18.9. The number of carbonyl (C=O) groups excluding carboxylic acids is 3. The van der Waals surface area contributed by atoms with Crippen molar-refractivity contribution in [3.05, 3.63) is 12.2 Å². The highest BCUT2D eigenvalue weighted by Crippen LogP contribution is 2.12. The molecule has 0 aromatic rings. The number of methoxy groups -OCH3 is 1. The fourth-order valence-corrected chi connectivity index (χ4v) is 2.19. The number of amides is 1. The molecule has 1 rings (SSSR count). The van der Waals surface area contributed by atoms with Gasteiger partial charge in [-0.25, -0.2) is 14.4 Å². The quantitative estimate of drug-likeness (QED) is 0.306. The van der Waals surface area contributed by atoms with Gasteiger partial charge in [-0.2, -0.15) is 0 Å². The highest BCUT2D eigenvalue weighted by Gasteiger charge is 2.25. The molecule has 1 fully saturated rings. The number of esters is 2. The van der Waals surface area contributed by atoms with E-state index in [9.17, 15) is 14.4 Å². The van der Waals surface area contributed by atoms with E-state index < -0.39 is 17.5 Å². The van der Waals surface area contributed by atoms with Gasteiger partial charge in [0.1, 0.15) is 5.60 Å². The number of carbonyl (C=O) groups is 3. The third-order valence-electron chi connectivity index (χ3n) is 3.44. The maximum atomic E-state index is 12.0. The van der Waals surface area contributed by atoms with Gasteiger partial charge in [0.2, 0.25) is 0 Å². The Morgan fingerprint density at radius 3 is 2.16 bits per heavy atom. The lowest BCUT2D eigenvalue weighted by Gasteiger charge is -2.35. The number of rotatable bonds is 6. The number of hydrogen-bond acceptors (Lipinski definition) is 7. The van der Waals surface area contributed by atoms with E-state index in [0.29, 0.717) is 19.5 Å². The fraction of sp³-hybridized carbons (Fsp3) is 0.706. The maximum absolute atomic E-state index is 12.0. The minimum absolute atomic E-state index is 0.274.